The van der Waals surface area contributed by atoms with Crippen molar-refractivity contribution in [2.75, 3.05) is 16.0 Å². The number of thiophene rings is 3. The number of anilines is 3. The molecular weight excluding hydrogens is 1500 g/mol. The van der Waals surface area contributed by atoms with E-state index in [-0.39, 0.29) is 118 Å². The molecule has 554 valence electrons. The molecule has 3 aromatic carbocycles. The minimum absolute atomic E-state index is 0. The maximum atomic E-state index is 13.8. The molecule has 0 radical (unpaired) electrons. The number of nitrogens with one attached hydrogen (secondary N) is 3. The van der Waals surface area contributed by atoms with Gasteiger partial charge in [-0.1, -0.05) is 91.0 Å². The number of carbonyl (C=O) groups excluding carboxylic acids is 5. The van der Waals surface area contributed by atoms with E-state index >= 15 is 0 Å². The number of Topliss-reactive ketones (excluding diaryl/α,β-unsaturated/α-hetero) is 1. The molecule has 24 nitrogen and oxygen atoms in total. The van der Waals surface area contributed by atoms with Gasteiger partial charge in [-0.2, -0.15) is 54.8 Å². The van der Waals surface area contributed by atoms with Crippen LogP contribution in [0.2, 0.25) is 0 Å². The Hall–Kier alpha value is -12.6. The molecule has 0 saturated carbocycles. The minimum atomic E-state index is -4.69. The normalized spacial score (nSPS) is 11.5. The van der Waals surface area contributed by atoms with Crippen LogP contribution < -0.4 is 40.5 Å². The number of carboxylic acids is 1. The van der Waals surface area contributed by atoms with Gasteiger partial charge in [0.05, 0.1) is 67.4 Å². The van der Waals surface area contributed by atoms with Crippen molar-refractivity contribution in [1.82, 2.24) is 57.5 Å². The Labute approximate surface area is 638 Å². The van der Waals surface area contributed by atoms with E-state index in [1.165, 1.54) is 97.3 Å². The van der Waals surface area contributed by atoms with Crippen LogP contribution in [0.25, 0.3) is 84.1 Å². The number of pyridine rings is 3. The fourth-order valence-corrected chi connectivity index (χ4v) is 14.4. The molecule has 110 heavy (non-hydrogen) atoms. The largest absolute Gasteiger partial charge is 1.00 e. The Morgan fingerprint density at radius 3 is 0.955 bits per heavy atom. The van der Waals surface area contributed by atoms with Crippen molar-refractivity contribution < 1.29 is 97.7 Å². The molecule has 0 unspecified atom stereocenters. The number of hydrogen-bond donors (Lipinski definition) is 5. The zero-order valence-electron chi connectivity index (χ0n) is 57.5. The Bertz CT molecular complexity index is 5440. The number of halogens is 9. The van der Waals surface area contributed by atoms with E-state index in [1.54, 1.807) is 92.5 Å². The SMILES string of the molecule is CC(=O)c1cnc2c(NC(=O)c3cc(-c4ccn(C)n4)c(C(F)(F)F)s3)c(-c3ccccc3)ccn12.Cn1ccc(-c2cc(C(=O)Nc3c(-c4ccccc4)ccn4c(C(=O)O)cnc34)sc2C(F)(F)F)n1.Cn1ccc(-c2cc(C(=O)Nc3c(-c4ccccc4)ccn4c(C(N)=O)cnc34)sc2C(F)(F)F)n1.[Li+].[OH-]. The van der Waals surface area contributed by atoms with E-state index in [0.29, 0.717) is 67.6 Å². The van der Waals surface area contributed by atoms with Gasteiger partial charge in [0.25, 0.3) is 23.6 Å². The monoisotopic (exact) mass is 1550 g/mol. The van der Waals surface area contributed by atoms with Crippen LogP contribution in [0.5, 0.6) is 0 Å². The molecule has 0 fully saturated rings. The second kappa shape index (κ2) is 31.3. The first-order valence-electron chi connectivity index (χ1n) is 31.7. The number of carbonyl (C=O) groups is 6. The molecule has 0 aliphatic carbocycles. The topological polar surface area (TPSA) is 320 Å². The molecule has 15 rings (SSSR count). The molecule has 0 bridgehead atoms. The Morgan fingerprint density at radius 1 is 0.409 bits per heavy atom. The fraction of sp³-hybridized carbons (Fsp3) is 0.0959. The third-order valence-electron chi connectivity index (χ3n) is 16.5. The van der Waals surface area contributed by atoms with E-state index in [2.05, 4.69) is 46.2 Å². The molecule has 37 heteroatoms. The maximum absolute atomic E-state index is 13.8. The van der Waals surface area contributed by atoms with Gasteiger partial charge >= 0.3 is 43.4 Å². The van der Waals surface area contributed by atoms with Gasteiger partial charge < -0.3 is 32.3 Å². The summed E-state index contributed by atoms with van der Waals surface area (Å²) in [6.07, 6.45) is -0.876. The first-order valence-corrected chi connectivity index (χ1v) is 34.1. The van der Waals surface area contributed by atoms with E-state index in [0.717, 1.165) is 23.4 Å². The van der Waals surface area contributed by atoms with Crippen LogP contribution in [0, 0.1) is 0 Å². The van der Waals surface area contributed by atoms with Gasteiger partial charge in [0, 0.05) is 98.6 Å². The van der Waals surface area contributed by atoms with Gasteiger partial charge in [0.1, 0.15) is 26.0 Å². The van der Waals surface area contributed by atoms with Gasteiger partial charge in [0.2, 0.25) is 0 Å². The first kappa shape index (κ1) is 78.5. The van der Waals surface area contributed by atoms with Crippen LogP contribution in [0.4, 0.5) is 56.6 Å². The number of hydrogen-bond acceptors (Lipinski definition) is 16. The van der Waals surface area contributed by atoms with E-state index < -0.39 is 62.8 Å². The van der Waals surface area contributed by atoms with Gasteiger partial charge in [0.15, 0.2) is 28.4 Å². The number of benzene rings is 3. The average Bonchev–Trinajstić information content (AvgIpc) is 1.37. The van der Waals surface area contributed by atoms with E-state index in [4.69, 9.17) is 5.73 Å². The van der Waals surface area contributed by atoms with Crippen LogP contribution >= 0.6 is 34.0 Å². The number of nitrogens with zero attached hydrogens (tertiary/aromatic N) is 12. The molecule has 0 spiro atoms. The quantitative estimate of drug-likeness (QED) is 0.0362. The van der Waals surface area contributed by atoms with Gasteiger partial charge in [-0.15, -0.1) is 34.0 Å². The average molecular weight is 1560 g/mol. The molecule has 0 saturated heterocycles. The second-order valence-corrected chi connectivity index (χ2v) is 26.8. The number of imidazole rings is 3. The number of aryl methyl sites for hydroxylation is 3. The number of aromatic nitrogens is 12. The number of carboxylic acid groups (broad SMARTS) is 1. The summed E-state index contributed by atoms with van der Waals surface area (Å²) in [6.45, 7) is 1.40. The Morgan fingerprint density at radius 2 is 0.691 bits per heavy atom. The predicted octanol–water partition coefficient (Wildman–Crippen LogP) is 13.0. The Balaban J connectivity index is 0.000000162. The summed E-state index contributed by atoms with van der Waals surface area (Å²) < 4.78 is 133. The van der Waals surface area contributed by atoms with Crippen LogP contribution in [-0.2, 0) is 39.7 Å². The number of amides is 4. The molecule has 15 aromatic rings. The molecule has 12 aromatic heterocycles. The standard InChI is InChI=1S/C25H18F3N5O2S.C24H17F3N6O2S.C24H16F3N5O3S.Li.H2O/c1-14(34)19-13-29-23-21(16(8-11-33(19)23)15-6-4-3-5-7-15)30-24(35)20-12-17(18-9-10-32(2)31-18)22(36-20)25(26,27)28;1-32-9-8-16(31-32)15-11-18(36-20(15)24(25,26)27)23(35)30-19-14(13-5-3-2-4-6-13)7-10-33-17(21(28)34)12-29-22(19)33;1-31-9-8-16(30-31)15-11-18(36-20(15)24(25,26)27)22(33)29-19-14(13-5-3-2-4-6-13)7-10-32-17(23(34)35)12-28-21(19)32;;/h3-13H,1-2H3,(H,30,35);2-12H,1H3,(H2,28,34)(H,30,35);2-12H,1H3,(H,29,33)(H,34,35);;1H2/q;;;+1;/p-1. The number of alkyl halides is 9. The van der Waals surface area contributed by atoms with Crippen molar-refractivity contribution in [3.63, 3.8) is 0 Å². The zero-order chi connectivity index (χ0) is 76.8. The molecule has 0 atom stereocenters. The van der Waals surface area contributed by atoms with Crippen LogP contribution in [-0.4, -0.2) is 103 Å². The molecular formula is C73H52F9LiN16O8S3. The summed E-state index contributed by atoms with van der Waals surface area (Å²) in [5.41, 5.74) is 10.7. The van der Waals surface area contributed by atoms with E-state index in [1.807, 2.05) is 54.6 Å². The van der Waals surface area contributed by atoms with Crippen LogP contribution in [0.1, 0.15) is 82.0 Å². The van der Waals surface area contributed by atoms with Crippen molar-refractivity contribution in [1.29, 1.82) is 0 Å². The summed E-state index contributed by atoms with van der Waals surface area (Å²) >= 11 is 0.982. The summed E-state index contributed by atoms with van der Waals surface area (Å²) in [5, 5.41) is 29.8. The molecule has 0 aliphatic heterocycles. The van der Waals surface area contributed by atoms with Crippen LogP contribution in [0.15, 0.2) is 201 Å². The molecule has 0 aliphatic rings. The van der Waals surface area contributed by atoms with Crippen LogP contribution in [0.3, 0.4) is 0 Å². The van der Waals surface area contributed by atoms with Gasteiger partial charge in [-0.25, -0.2) is 19.7 Å². The summed E-state index contributed by atoms with van der Waals surface area (Å²) in [4.78, 5) is 84.8. The molecule has 12 heterocycles. The third kappa shape index (κ3) is 16.0. The molecule has 7 N–H and O–H groups in total. The number of fused-ring (bicyclic) bond motifs is 3. The third-order valence-corrected chi connectivity index (χ3v) is 20.0. The van der Waals surface area contributed by atoms with Gasteiger partial charge in [-0.05, 0) is 71.3 Å². The zero-order valence-corrected chi connectivity index (χ0v) is 59.9. The number of primary amides is 1. The van der Waals surface area contributed by atoms with E-state index in [9.17, 15) is 73.4 Å². The molecule has 4 amide bonds. The first-order chi connectivity index (χ1) is 51.4. The summed E-state index contributed by atoms with van der Waals surface area (Å²) in [7, 11) is 4.77. The number of ketones is 1. The summed E-state index contributed by atoms with van der Waals surface area (Å²) in [6, 6.07) is 40.0. The maximum Gasteiger partial charge on any atom is 1.00 e. The van der Waals surface area contributed by atoms with Gasteiger partial charge in [-0.3, -0.25) is 51.2 Å². The van der Waals surface area contributed by atoms with Crippen molar-refractivity contribution >= 4 is 103 Å². The minimum Gasteiger partial charge on any atom is -0.870 e. The van der Waals surface area contributed by atoms with Crippen molar-refractivity contribution in [3.05, 3.63) is 248 Å². The number of aromatic carboxylic acids is 1. The number of rotatable bonds is 15. The fourth-order valence-electron chi connectivity index (χ4n) is 11.6. The number of nitrogens with two attached hydrogens (primary N) is 1. The smallest absolute Gasteiger partial charge is 0.870 e. The van der Waals surface area contributed by atoms with Crippen molar-refractivity contribution in [2.45, 2.75) is 25.5 Å². The van der Waals surface area contributed by atoms with Crippen molar-refractivity contribution in [3.8, 4) is 67.2 Å². The van der Waals surface area contributed by atoms with Crippen molar-refractivity contribution in [2.24, 2.45) is 26.9 Å². The Kier molecular flexibility index (Phi) is 22.3. The second-order valence-electron chi connectivity index (χ2n) is 23.7. The summed E-state index contributed by atoms with van der Waals surface area (Å²) in [5.74, 6) is -4.45. The predicted molar refractivity (Wildman–Crippen MR) is 388 cm³/mol.